The van der Waals surface area contributed by atoms with Crippen LogP contribution in [0.3, 0.4) is 0 Å². The summed E-state index contributed by atoms with van der Waals surface area (Å²) in [5.41, 5.74) is -0.266. The lowest BCUT2D eigenvalue weighted by Crippen LogP contribution is -2.46. The maximum Gasteiger partial charge on any atom is 0.416 e. The van der Waals surface area contributed by atoms with Gasteiger partial charge < -0.3 is 15.5 Å². The van der Waals surface area contributed by atoms with E-state index in [0.29, 0.717) is 18.1 Å². The maximum absolute atomic E-state index is 12.8. The van der Waals surface area contributed by atoms with Gasteiger partial charge in [0, 0.05) is 25.4 Å². The Kier molecular flexibility index (Phi) is 11.2. The second kappa shape index (κ2) is 11.7. The number of hydrogen-bond donors (Lipinski definition) is 2. The number of aliphatic imine (C=N–C) groups is 1. The van der Waals surface area contributed by atoms with E-state index in [1.165, 1.54) is 11.0 Å². The fraction of sp³-hybridized carbons (Fsp3) is 0.556. The van der Waals surface area contributed by atoms with Gasteiger partial charge >= 0.3 is 6.18 Å². The van der Waals surface area contributed by atoms with Crippen LogP contribution >= 0.6 is 35.7 Å². The topological polar surface area (TPSA) is 56.7 Å². The van der Waals surface area contributed by atoms with Crippen molar-refractivity contribution in [3.63, 3.8) is 0 Å². The smallest absolute Gasteiger partial charge is 0.355 e. The Labute approximate surface area is 185 Å². The van der Waals surface area contributed by atoms with E-state index in [1.807, 2.05) is 6.26 Å². The number of halogens is 4. The first-order valence-electron chi connectivity index (χ1n) is 8.38. The van der Waals surface area contributed by atoms with Crippen LogP contribution in [-0.4, -0.2) is 55.0 Å². The van der Waals surface area contributed by atoms with Gasteiger partial charge in [0.1, 0.15) is 0 Å². The normalized spacial score (nSPS) is 12.2. The van der Waals surface area contributed by atoms with Gasteiger partial charge in [-0.2, -0.15) is 24.9 Å². The molecule has 0 aliphatic rings. The molecule has 0 radical (unpaired) electrons. The highest BCUT2D eigenvalue weighted by Gasteiger charge is 2.30. The molecular formula is C18H28F3IN4OS. The SMILES string of the molecule is CSC(C)(C)CNC(=NCc1cccc(C(F)(F)F)c1)NCC(=O)N(C)C.I. The van der Waals surface area contributed by atoms with Crippen LogP contribution in [0.2, 0.25) is 0 Å². The number of likely N-dealkylation sites (N-methyl/N-ethyl adjacent to an activating group) is 1. The van der Waals surface area contributed by atoms with Gasteiger partial charge in [-0.1, -0.05) is 12.1 Å². The summed E-state index contributed by atoms with van der Waals surface area (Å²) in [5.74, 6) is 0.248. The lowest BCUT2D eigenvalue weighted by atomic mass is 10.1. The number of guanidine groups is 1. The number of hydrogen-bond acceptors (Lipinski definition) is 3. The highest BCUT2D eigenvalue weighted by Crippen LogP contribution is 2.29. The number of alkyl halides is 3. The van der Waals surface area contributed by atoms with Gasteiger partial charge in [-0.3, -0.25) is 4.79 Å². The van der Waals surface area contributed by atoms with Crippen molar-refractivity contribution < 1.29 is 18.0 Å². The zero-order valence-corrected chi connectivity index (χ0v) is 19.8. The number of rotatable bonds is 7. The third-order valence-corrected chi connectivity index (χ3v) is 5.06. The predicted molar refractivity (Wildman–Crippen MR) is 120 cm³/mol. The van der Waals surface area contributed by atoms with Crippen LogP contribution < -0.4 is 10.6 Å². The van der Waals surface area contributed by atoms with Gasteiger partial charge in [0.05, 0.1) is 18.7 Å². The molecule has 160 valence electrons. The summed E-state index contributed by atoms with van der Waals surface area (Å²) in [6.45, 7) is 4.80. The van der Waals surface area contributed by atoms with Crippen molar-refractivity contribution in [2.45, 2.75) is 31.3 Å². The first kappa shape index (κ1) is 26.8. The number of nitrogens with one attached hydrogen (secondary N) is 2. The fourth-order valence-electron chi connectivity index (χ4n) is 1.88. The monoisotopic (exact) mass is 532 g/mol. The molecule has 0 saturated heterocycles. The average Bonchev–Trinajstić information content (AvgIpc) is 2.60. The number of thioether (sulfide) groups is 1. The first-order chi connectivity index (χ1) is 12.4. The largest absolute Gasteiger partial charge is 0.416 e. The molecule has 10 heteroatoms. The zero-order valence-electron chi connectivity index (χ0n) is 16.7. The van der Waals surface area contributed by atoms with Crippen molar-refractivity contribution in [2.24, 2.45) is 4.99 Å². The molecule has 0 aliphatic heterocycles. The van der Waals surface area contributed by atoms with Gasteiger partial charge in [-0.15, -0.1) is 24.0 Å². The molecule has 0 unspecified atom stereocenters. The van der Waals surface area contributed by atoms with Crippen molar-refractivity contribution >= 4 is 47.6 Å². The third-order valence-electron chi connectivity index (χ3n) is 3.81. The predicted octanol–water partition coefficient (Wildman–Crippen LogP) is 3.59. The van der Waals surface area contributed by atoms with Crippen LogP contribution in [0, 0.1) is 0 Å². The Morgan fingerprint density at radius 3 is 2.39 bits per heavy atom. The van der Waals surface area contributed by atoms with E-state index in [9.17, 15) is 18.0 Å². The first-order valence-corrected chi connectivity index (χ1v) is 9.61. The van der Waals surface area contributed by atoms with Crippen molar-refractivity contribution in [1.29, 1.82) is 0 Å². The van der Waals surface area contributed by atoms with Crippen LogP contribution in [-0.2, 0) is 17.5 Å². The van der Waals surface area contributed by atoms with Crippen LogP contribution in [0.25, 0.3) is 0 Å². The molecule has 5 nitrogen and oxygen atoms in total. The minimum Gasteiger partial charge on any atom is -0.355 e. The quantitative estimate of drug-likeness (QED) is 0.320. The van der Waals surface area contributed by atoms with Gasteiger partial charge in [-0.25, -0.2) is 4.99 Å². The van der Waals surface area contributed by atoms with Gasteiger partial charge in [0.2, 0.25) is 5.91 Å². The molecule has 0 aliphatic carbocycles. The highest BCUT2D eigenvalue weighted by molar-refractivity contribution is 14.0. The van der Waals surface area contributed by atoms with E-state index in [4.69, 9.17) is 0 Å². The van der Waals surface area contributed by atoms with Gasteiger partial charge in [0.15, 0.2) is 5.96 Å². The second-order valence-electron chi connectivity index (χ2n) is 6.82. The maximum atomic E-state index is 12.8. The molecule has 0 heterocycles. The summed E-state index contributed by atoms with van der Waals surface area (Å²) in [5, 5.41) is 6.07. The molecule has 0 atom stereocenters. The number of amides is 1. The molecule has 1 aromatic carbocycles. The lowest BCUT2D eigenvalue weighted by molar-refractivity contribution is -0.137. The molecule has 0 spiro atoms. The van der Waals surface area contributed by atoms with E-state index in [2.05, 4.69) is 29.5 Å². The Bertz CT molecular complexity index is 666. The molecule has 1 rings (SSSR count). The molecule has 0 saturated carbocycles. The van der Waals surface area contributed by atoms with Gasteiger partial charge in [0.25, 0.3) is 0 Å². The summed E-state index contributed by atoms with van der Waals surface area (Å²) in [6.07, 6.45) is -2.40. The van der Waals surface area contributed by atoms with Gasteiger partial charge in [-0.05, 0) is 37.8 Å². The molecule has 1 amide bonds. The molecule has 28 heavy (non-hydrogen) atoms. The van der Waals surface area contributed by atoms with Crippen LogP contribution in [0.5, 0.6) is 0 Å². The minimum absolute atomic E-state index is 0. The lowest BCUT2D eigenvalue weighted by Gasteiger charge is -2.24. The van der Waals surface area contributed by atoms with Crippen molar-refractivity contribution in [3.8, 4) is 0 Å². The Morgan fingerprint density at radius 2 is 1.86 bits per heavy atom. The fourth-order valence-corrected chi connectivity index (χ4v) is 2.09. The van der Waals surface area contributed by atoms with E-state index < -0.39 is 11.7 Å². The molecule has 0 aromatic heterocycles. The number of carbonyl (C=O) groups excluding carboxylic acids is 1. The number of nitrogens with zero attached hydrogens (tertiary/aromatic N) is 2. The molecule has 2 N–H and O–H groups in total. The van der Waals surface area contributed by atoms with Crippen molar-refractivity contribution in [3.05, 3.63) is 35.4 Å². The van der Waals surface area contributed by atoms with E-state index in [0.717, 1.165) is 12.1 Å². The molecule has 0 fully saturated rings. The minimum atomic E-state index is -4.39. The summed E-state index contributed by atoms with van der Waals surface area (Å²) in [7, 11) is 3.29. The number of benzene rings is 1. The Hall–Kier alpha value is -1.17. The number of carbonyl (C=O) groups is 1. The van der Waals surface area contributed by atoms with E-state index in [1.54, 1.807) is 31.9 Å². The Balaban J connectivity index is 0.00000729. The van der Waals surface area contributed by atoms with Crippen LogP contribution in [0.4, 0.5) is 13.2 Å². The Morgan fingerprint density at radius 1 is 1.21 bits per heavy atom. The van der Waals surface area contributed by atoms with Crippen LogP contribution in [0.1, 0.15) is 25.0 Å². The zero-order chi connectivity index (χ0) is 20.7. The van der Waals surface area contributed by atoms with E-state index in [-0.39, 0.29) is 47.7 Å². The summed E-state index contributed by atoms with van der Waals surface area (Å²) < 4.78 is 38.4. The summed E-state index contributed by atoms with van der Waals surface area (Å²) in [4.78, 5) is 17.6. The molecule has 0 bridgehead atoms. The average molecular weight is 532 g/mol. The van der Waals surface area contributed by atoms with E-state index >= 15 is 0 Å². The summed E-state index contributed by atoms with van der Waals surface area (Å²) >= 11 is 1.67. The second-order valence-corrected chi connectivity index (χ2v) is 8.34. The molecular weight excluding hydrogens is 504 g/mol. The summed E-state index contributed by atoms with van der Waals surface area (Å²) in [6, 6.07) is 5.06. The molecule has 1 aromatic rings. The van der Waals surface area contributed by atoms with Crippen molar-refractivity contribution in [1.82, 2.24) is 15.5 Å². The third kappa shape index (κ3) is 9.85. The highest BCUT2D eigenvalue weighted by atomic mass is 127. The van der Waals surface area contributed by atoms with Crippen molar-refractivity contribution in [2.75, 3.05) is 33.4 Å². The standard InChI is InChI=1S/C18H27F3N4OS.HI/c1-17(2,27-5)12-24-16(23-11-15(26)25(3)4)22-10-13-7-6-8-14(9-13)18(19,20)21;/h6-9H,10-12H2,1-5H3,(H2,22,23,24);1H. The van der Waals surface area contributed by atoms with Crippen LogP contribution in [0.15, 0.2) is 29.3 Å².